The Morgan fingerprint density at radius 2 is 1.21 bits per heavy atom. The highest BCUT2D eigenvalue weighted by atomic mass is 19.1. The minimum absolute atomic E-state index is 0.0436. The van der Waals surface area contributed by atoms with Crippen LogP contribution in [0.1, 0.15) is 118 Å². The fraction of sp³-hybridized carbons (Fsp3) is 0.793. The highest BCUT2D eigenvalue weighted by Crippen LogP contribution is 2.37. The highest BCUT2D eigenvalue weighted by Gasteiger charge is 2.44. The number of ether oxygens (including phenoxy) is 3. The molecule has 0 heterocycles. The van der Waals surface area contributed by atoms with Crippen LogP contribution in [0.25, 0.3) is 0 Å². The van der Waals surface area contributed by atoms with E-state index in [1.165, 1.54) is 38.2 Å². The maximum Gasteiger partial charge on any atom is 0.286 e. The zero-order chi connectivity index (χ0) is 25.6. The molecule has 3 nitrogen and oxygen atoms in total. The van der Waals surface area contributed by atoms with Crippen molar-refractivity contribution in [3.8, 4) is 0 Å². The van der Waals surface area contributed by atoms with Gasteiger partial charge in [-0.25, -0.2) is 8.78 Å². The van der Waals surface area contributed by atoms with Gasteiger partial charge in [0.2, 0.25) is 0 Å². The Balaban J connectivity index is 2.93. The van der Waals surface area contributed by atoms with Crippen LogP contribution in [-0.4, -0.2) is 24.3 Å². The Morgan fingerprint density at radius 1 is 0.706 bits per heavy atom. The van der Waals surface area contributed by atoms with Gasteiger partial charge < -0.3 is 14.2 Å². The van der Waals surface area contributed by atoms with Crippen molar-refractivity contribution in [1.29, 1.82) is 0 Å². The Hall–Kier alpha value is -1.04. The second kappa shape index (κ2) is 16.6. The number of rotatable bonds is 19. The van der Waals surface area contributed by atoms with E-state index in [2.05, 4.69) is 6.92 Å². The van der Waals surface area contributed by atoms with E-state index in [-0.39, 0.29) is 24.2 Å². The molecule has 198 valence electrons. The topological polar surface area (TPSA) is 27.7 Å². The van der Waals surface area contributed by atoms with E-state index < -0.39 is 17.6 Å². The first-order valence-corrected chi connectivity index (χ1v) is 13.6. The summed E-state index contributed by atoms with van der Waals surface area (Å²) in [6, 6.07) is 3.84. The monoisotopic (exact) mass is 484 g/mol. The molecule has 34 heavy (non-hydrogen) atoms. The SMILES string of the molecule is CCCCCCCCC(CCCCc1ccc(F)cc1F)C(OC(C)C)(OC(C)C)OC(C)C. The van der Waals surface area contributed by atoms with Crippen LogP contribution in [0.4, 0.5) is 8.78 Å². The zero-order valence-corrected chi connectivity index (χ0v) is 22.8. The first-order valence-electron chi connectivity index (χ1n) is 13.6. The first kappa shape index (κ1) is 31.0. The normalized spacial score (nSPS) is 13.4. The standard InChI is InChI=1S/C29H50F2O3/c1-8-9-10-11-12-13-17-26(18-15-14-16-25-19-20-27(30)21-28(25)31)29(32-22(2)3,33-23(4)5)34-24(6)7/h19-24,26H,8-18H2,1-7H3. The quantitative estimate of drug-likeness (QED) is 0.145. The summed E-state index contributed by atoms with van der Waals surface area (Å²) in [5.74, 6) is -2.02. The van der Waals surface area contributed by atoms with Crippen molar-refractivity contribution in [2.75, 3.05) is 0 Å². The molecule has 0 aliphatic rings. The number of benzene rings is 1. The molecule has 0 amide bonds. The molecule has 0 radical (unpaired) electrons. The van der Waals surface area contributed by atoms with Gasteiger partial charge in [-0.2, -0.15) is 0 Å². The summed E-state index contributed by atoms with van der Waals surface area (Å²) >= 11 is 0. The number of halogens is 2. The largest absolute Gasteiger partial charge is 0.324 e. The average molecular weight is 485 g/mol. The van der Waals surface area contributed by atoms with E-state index in [0.717, 1.165) is 38.2 Å². The molecule has 0 fully saturated rings. The fourth-order valence-electron chi connectivity index (χ4n) is 4.46. The smallest absolute Gasteiger partial charge is 0.286 e. The van der Waals surface area contributed by atoms with E-state index in [4.69, 9.17) is 14.2 Å². The third-order valence-corrected chi connectivity index (χ3v) is 5.87. The molecule has 0 N–H and O–H groups in total. The van der Waals surface area contributed by atoms with Crippen LogP contribution < -0.4 is 0 Å². The molecule has 0 spiro atoms. The van der Waals surface area contributed by atoms with Gasteiger partial charge in [-0.05, 0) is 78.9 Å². The Kier molecular flexibility index (Phi) is 15.1. The van der Waals surface area contributed by atoms with Crippen molar-refractivity contribution in [1.82, 2.24) is 0 Å². The van der Waals surface area contributed by atoms with Crippen LogP contribution in [0, 0.1) is 17.6 Å². The Bertz CT molecular complexity index is 634. The minimum atomic E-state index is -1.10. The van der Waals surface area contributed by atoms with Gasteiger partial charge in [0.15, 0.2) is 0 Å². The summed E-state index contributed by atoms with van der Waals surface area (Å²) in [4.78, 5) is 0. The lowest BCUT2D eigenvalue weighted by molar-refractivity contribution is -0.433. The molecule has 0 aliphatic carbocycles. The first-order chi connectivity index (χ1) is 16.1. The van der Waals surface area contributed by atoms with Crippen LogP contribution in [0.5, 0.6) is 0 Å². The summed E-state index contributed by atoms with van der Waals surface area (Å²) in [6.45, 7) is 14.3. The van der Waals surface area contributed by atoms with Crippen molar-refractivity contribution in [3.63, 3.8) is 0 Å². The molecule has 0 aliphatic heterocycles. The van der Waals surface area contributed by atoms with Crippen LogP contribution in [0.2, 0.25) is 0 Å². The number of hydrogen-bond acceptors (Lipinski definition) is 3. The molecule has 1 aromatic carbocycles. The predicted octanol–water partition coefficient (Wildman–Crippen LogP) is 8.97. The fourth-order valence-corrected chi connectivity index (χ4v) is 4.46. The summed E-state index contributed by atoms with van der Waals surface area (Å²) < 4.78 is 46.5. The van der Waals surface area contributed by atoms with Gasteiger partial charge in [0.05, 0.1) is 18.3 Å². The van der Waals surface area contributed by atoms with Crippen molar-refractivity contribution in [3.05, 3.63) is 35.4 Å². The zero-order valence-electron chi connectivity index (χ0n) is 22.8. The predicted molar refractivity (Wildman–Crippen MR) is 137 cm³/mol. The Labute approximate surface area is 207 Å². The van der Waals surface area contributed by atoms with Crippen LogP contribution in [-0.2, 0) is 20.6 Å². The summed E-state index contributed by atoms with van der Waals surface area (Å²) in [7, 11) is 0. The summed E-state index contributed by atoms with van der Waals surface area (Å²) in [6.07, 6.45) is 11.3. The maximum absolute atomic E-state index is 14.0. The molecule has 1 atom stereocenters. The van der Waals surface area contributed by atoms with Gasteiger partial charge in [0.25, 0.3) is 5.97 Å². The second-order valence-corrected chi connectivity index (χ2v) is 10.3. The van der Waals surface area contributed by atoms with E-state index in [1.54, 1.807) is 6.07 Å². The lowest BCUT2D eigenvalue weighted by Crippen LogP contribution is -2.50. The molecule has 1 rings (SSSR count). The van der Waals surface area contributed by atoms with Crippen molar-refractivity contribution >= 4 is 0 Å². The highest BCUT2D eigenvalue weighted by molar-refractivity contribution is 5.18. The van der Waals surface area contributed by atoms with Crippen LogP contribution >= 0.6 is 0 Å². The van der Waals surface area contributed by atoms with E-state index in [0.29, 0.717) is 12.0 Å². The van der Waals surface area contributed by atoms with Gasteiger partial charge in [-0.15, -0.1) is 0 Å². The molecular formula is C29H50F2O3. The summed E-state index contributed by atoms with van der Waals surface area (Å²) in [5.41, 5.74) is 0.565. The maximum atomic E-state index is 14.0. The third-order valence-electron chi connectivity index (χ3n) is 5.87. The second-order valence-electron chi connectivity index (χ2n) is 10.3. The molecular weight excluding hydrogens is 434 g/mol. The van der Waals surface area contributed by atoms with Gasteiger partial charge in [0, 0.05) is 12.0 Å². The molecule has 0 bridgehead atoms. The van der Waals surface area contributed by atoms with Crippen LogP contribution in [0.15, 0.2) is 18.2 Å². The molecule has 1 unspecified atom stereocenters. The van der Waals surface area contributed by atoms with Crippen molar-refractivity contribution in [2.24, 2.45) is 5.92 Å². The average Bonchev–Trinajstić information content (AvgIpc) is 2.71. The Morgan fingerprint density at radius 3 is 1.71 bits per heavy atom. The van der Waals surface area contributed by atoms with Gasteiger partial charge in [-0.3, -0.25) is 0 Å². The third kappa shape index (κ3) is 12.1. The van der Waals surface area contributed by atoms with E-state index >= 15 is 0 Å². The molecule has 1 aromatic rings. The van der Waals surface area contributed by atoms with Crippen molar-refractivity contribution in [2.45, 2.75) is 143 Å². The lowest BCUT2D eigenvalue weighted by atomic mass is 9.91. The minimum Gasteiger partial charge on any atom is -0.324 e. The number of unbranched alkanes of at least 4 members (excludes halogenated alkanes) is 6. The summed E-state index contributed by atoms with van der Waals surface area (Å²) in [5, 5.41) is 0. The number of aryl methyl sites for hydroxylation is 1. The van der Waals surface area contributed by atoms with Crippen molar-refractivity contribution < 1.29 is 23.0 Å². The van der Waals surface area contributed by atoms with E-state index in [9.17, 15) is 8.78 Å². The van der Waals surface area contributed by atoms with Gasteiger partial charge in [0.1, 0.15) is 11.6 Å². The molecule has 0 saturated heterocycles. The molecule has 0 saturated carbocycles. The lowest BCUT2D eigenvalue weighted by Gasteiger charge is -2.43. The van der Waals surface area contributed by atoms with E-state index in [1.807, 2.05) is 41.5 Å². The van der Waals surface area contributed by atoms with Gasteiger partial charge >= 0.3 is 0 Å². The van der Waals surface area contributed by atoms with Crippen LogP contribution in [0.3, 0.4) is 0 Å². The number of hydrogen-bond donors (Lipinski definition) is 0. The molecule has 0 aromatic heterocycles. The molecule has 5 heteroatoms. The van der Waals surface area contributed by atoms with Gasteiger partial charge in [-0.1, -0.05) is 57.9 Å².